The van der Waals surface area contributed by atoms with Gasteiger partial charge in [-0.25, -0.2) is 19.0 Å². The molecule has 0 fully saturated rings. The smallest absolute Gasteiger partial charge is 0.240 e. The van der Waals surface area contributed by atoms with Gasteiger partial charge in [-0.05, 0) is 30.7 Å². The van der Waals surface area contributed by atoms with Crippen molar-refractivity contribution in [1.82, 2.24) is 4.72 Å². The maximum atomic E-state index is 12.0. The summed E-state index contributed by atoms with van der Waals surface area (Å²) in [5.74, 6) is 5.45. The summed E-state index contributed by atoms with van der Waals surface area (Å²) in [5.41, 5.74) is 0. The third-order valence-electron chi connectivity index (χ3n) is 2.68. The zero-order valence-electron chi connectivity index (χ0n) is 11.7. The quantitative estimate of drug-likeness (QED) is 0.504. The molecule has 20 heavy (non-hydrogen) atoms. The van der Waals surface area contributed by atoms with E-state index in [1.807, 2.05) is 0 Å². The van der Waals surface area contributed by atoms with Gasteiger partial charge in [0, 0.05) is 6.54 Å². The Hall–Kier alpha value is -1.15. The molecular formula is C13H22N2O4S. The molecule has 0 unspecified atom stereocenters. The second kappa shape index (κ2) is 8.91. The lowest BCUT2D eigenvalue weighted by atomic mass is 10.3. The normalized spacial score (nSPS) is 11.5. The molecule has 0 saturated carbocycles. The Morgan fingerprint density at radius 1 is 1.15 bits per heavy atom. The minimum Gasteiger partial charge on any atom is -0.491 e. The van der Waals surface area contributed by atoms with Crippen molar-refractivity contribution >= 4 is 10.0 Å². The first-order chi connectivity index (χ1) is 9.60. The summed E-state index contributed by atoms with van der Waals surface area (Å²) in [7, 11) is -3.43. The van der Waals surface area contributed by atoms with E-state index in [0.717, 1.165) is 19.3 Å². The summed E-state index contributed by atoms with van der Waals surface area (Å²) in [5, 5.41) is 0. The Labute approximate surface area is 120 Å². The zero-order chi connectivity index (χ0) is 14.8. The van der Waals surface area contributed by atoms with Crippen LogP contribution < -0.4 is 15.4 Å². The van der Waals surface area contributed by atoms with Crippen LogP contribution in [-0.2, 0) is 14.9 Å². The van der Waals surface area contributed by atoms with Gasteiger partial charge in [0.15, 0.2) is 0 Å². The van der Waals surface area contributed by atoms with Gasteiger partial charge in [-0.2, -0.15) is 0 Å². The molecule has 0 aromatic heterocycles. The number of unbranched alkanes of at least 4 members (excludes halogenated alkanes) is 2. The van der Waals surface area contributed by atoms with Crippen molar-refractivity contribution in [2.45, 2.75) is 31.1 Å². The van der Waals surface area contributed by atoms with Crippen LogP contribution >= 0.6 is 0 Å². The summed E-state index contributed by atoms with van der Waals surface area (Å²) < 4.78 is 31.8. The Morgan fingerprint density at radius 2 is 1.85 bits per heavy atom. The standard InChI is InChI=1S/C13H22N2O4S/c1-2-3-4-9-15-20(16,17)13-7-5-12(6-8-13)18-10-11-19-14/h5-8,15H,2-4,9-11,14H2,1H3. The van der Waals surface area contributed by atoms with Crippen molar-refractivity contribution in [2.75, 3.05) is 19.8 Å². The molecule has 0 spiro atoms. The Morgan fingerprint density at radius 3 is 2.45 bits per heavy atom. The van der Waals surface area contributed by atoms with Gasteiger partial charge in [-0.3, -0.25) is 0 Å². The predicted molar refractivity (Wildman–Crippen MR) is 76.8 cm³/mol. The topological polar surface area (TPSA) is 90.7 Å². The zero-order valence-corrected chi connectivity index (χ0v) is 12.5. The first-order valence-electron chi connectivity index (χ1n) is 6.64. The molecule has 7 heteroatoms. The van der Waals surface area contributed by atoms with Crippen LogP contribution in [0.1, 0.15) is 26.2 Å². The molecule has 0 atom stereocenters. The van der Waals surface area contributed by atoms with Crippen LogP contribution in [-0.4, -0.2) is 28.2 Å². The van der Waals surface area contributed by atoms with Gasteiger partial charge < -0.3 is 9.57 Å². The average Bonchev–Trinajstić information content (AvgIpc) is 2.45. The highest BCUT2D eigenvalue weighted by molar-refractivity contribution is 7.89. The molecule has 0 aliphatic heterocycles. The number of hydrogen-bond acceptors (Lipinski definition) is 5. The molecule has 0 bridgehead atoms. The van der Waals surface area contributed by atoms with E-state index in [-0.39, 0.29) is 11.5 Å². The lowest BCUT2D eigenvalue weighted by molar-refractivity contribution is 0.102. The number of hydrogen-bond donors (Lipinski definition) is 2. The molecule has 6 nitrogen and oxygen atoms in total. The summed E-state index contributed by atoms with van der Waals surface area (Å²) >= 11 is 0. The Balaban J connectivity index is 2.53. The number of benzene rings is 1. The van der Waals surface area contributed by atoms with Crippen molar-refractivity contribution in [3.8, 4) is 5.75 Å². The molecule has 0 amide bonds. The lowest BCUT2D eigenvalue weighted by Crippen LogP contribution is -2.24. The van der Waals surface area contributed by atoms with Gasteiger partial charge in [0.2, 0.25) is 10.0 Å². The summed E-state index contributed by atoms with van der Waals surface area (Å²) in [6, 6.07) is 6.25. The minimum atomic E-state index is -3.43. The first kappa shape index (κ1) is 16.9. The number of ether oxygens (including phenoxy) is 1. The van der Waals surface area contributed by atoms with E-state index in [0.29, 0.717) is 18.9 Å². The van der Waals surface area contributed by atoms with E-state index in [2.05, 4.69) is 16.5 Å². The van der Waals surface area contributed by atoms with E-state index in [4.69, 9.17) is 10.6 Å². The summed E-state index contributed by atoms with van der Waals surface area (Å²) in [6.07, 6.45) is 2.91. The average molecular weight is 302 g/mol. The third-order valence-corrected chi connectivity index (χ3v) is 4.15. The van der Waals surface area contributed by atoms with Crippen LogP contribution in [0.5, 0.6) is 5.75 Å². The molecule has 114 valence electrons. The minimum absolute atomic E-state index is 0.233. The highest BCUT2D eigenvalue weighted by Gasteiger charge is 2.12. The molecule has 1 aromatic rings. The lowest BCUT2D eigenvalue weighted by Gasteiger charge is -2.08. The van der Waals surface area contributed by atoms with Crippen LogP contribution in [0.25, 0.3) is 0 Å². The van der Waals surface area contributed by atoms with Crippen LogP contribution in [0, 0.1) is 0 Å². The molecule has 0 aliphatic rings. The molecule has 0 saturated heterocycles. The van der Waals surface area contributed by atoms with Crippen molar-refractivity contribution in [2.24, 2.45) is 5.90 Å². The van der Waals surface area contributed by atoms with E-state index in [9.17, 15) is 8.42 Å². The second-order valence-electron chi connectivity index (χ2n) is 4.30. The fraction of sp³-hybridized carbons (Fsp3) is 0.538. The fourth-order valence-electron chi connectivity index (χ4n) is 1.59. The van der Waals surface area contributed by atoms with Crippen LogP contribution in [0.2, 0.25) is 0 Å². The number of sulfonamides is 1. The fourth-order valence-corrected chi connectivity index (χ4v) is 2.66. The van der Waals surface area contributed by atoms with E-state index in [1.54, 1.807) is 12.1 Å². The van der Waals surface area contributed by atoms with Crippen LogP contribution in [0.4, 0.5) is 0 Å². The predicted octanol–water partition coefficient (Wildman–Crippen LogP) is 1.42. The van der Waals surface area contributed by atoms with Gasteiger partial charge in [0.1, 0.15) is 19.0 Å². The van der Waals surface area contributed by atoms with Crippen LogP contribution in [0.3, 0.4) is 0 Å². The van der Waals surface area contributed by atoms with Crippen LogP contribution in [0.15, 0.2) is 29.2 Å². The van der Waals surface area contributed by atoms with Crippen molar-refractivity contribution < 1.29 is 18.0 Å². The Bertz CT molecular complexity index is 474. The van der Waals surface area contributed by atoms with Gasteiger partial charge in [-0.15, -0.1) is 0 Å². The Kier molecular flexibility index (Phi) is 7.53. The number of nitrogens with one attached hydrogen (secondary N) is 1. The second-order valence-corrected chi connectivity index (χ2v) is 6.06. The van der Waals surface area contributed by atoms with Gasteiger partial charge >= 0.3 is 0 Å². The third kappa shape index (κ3) is 5.87. The highest BCUT2D eigenvalue weighted by atomic mass is 32.2. The SMILES string of the molecule is CCCCCNS(=O)(=O)c1ccc(OCCON)cc1. The maximum absolute atomic E-state index is 12.0. The van der Waals surface area contributed by atoms with Crippen molar-refractivity contribution in [3.05, 3.63) is 24.3 Å². The van der Waals surface area contributed by atoms with E-state index in [1.165, 1.54) is 12.1 Å². The first-order valence-corrected chi connectivity index (χ1v) is 8.12. The molecule has 0 heterocycles. The van der Waals surface area contributed by atoms with Crippen molar-refractivity contribution in [1.29, 1.82) is 0 Å². The highest BCUT2D eigenvalue weighted by Crippen LogP contribution is 2.15. The molecular weight excluding hydrogens is 280 g/mol. The van der Waals surface area contributed by atoms with Gasteiger partial charge in [-0.1, -0.05) is 19.8 Å². The number of rotatable bonds is 10. The summed E-state index contributed by atoms with van der Waals surface area (Å²) in [4.78, 5) is 4.61. The largest absolute Gasteiger partial charge is 0.491 e. The molecule has 1 aromatic carbocycles. The maximum Gasteiger partial charge on any atom is 0.240 e. The monoisotopic (exact) mass is 302 g/mol. The number of nitrogens with two attached hydrogens (primary N) is 1. The van der Waals surface area contributed by atoms with E-state index >= 15 is 0 Å². The molecule has 3 N–H and O–H groups in total. The molecule has 0 aliphatic carbocycles. The van der Waals surface area contributed by atoms with Crippen molar-refractivity contribution in [3.63, 3.8) is 0 Å². The molecule has 1 rings (SSSR count). The van der Waals surface area contributed by atoms with E-state index < -0.39 is 10.0 Å². The molecule has 0 radical (unpaired) electrons. The van der Waals surface area contributed by atoms with Gasteiger partial charge in [0.05, 0.1) is 4.90 Å². The van der Waals surface area contributed by atoms with Gasteiger partial charge in [0.25, 0.3) is 0 Å². The summed E-state index contributed by atoms with van der Waals surface area (Å²) in [6.45, 7) is 3.13.